The number of nitrogens with one attached hydrogen (secondary N) is 2. The van der Waals surface area contributed by atoms with Crippen LogP contribution in [0.5, 0.6) is 0 Å². The number of ether oxygens (including phenoxy) is 2. The van der Waals surface area contributed by atoms with E-state index in [2.05, 4.69) is 10.6 Å². The fourth-order valence-electron chi connectivity index (χ4n) is 2.72. The maximum Gasteiger partial charge on any atom is 0.0816 e. The molecule has 0 radical (unpaired) electrons. The van der Waals surface area contributed by atoms with E-state index in [1.54, 1.807) is 0 Å². The minimum Gasteiger partial charge on any atom is -0.388 e. The van der Waals surface area contributed by atoms with E-state index in [4.69, 9.17) is 9.47 Å². The fourth-order valence-corrected chi connectivity index (χ4v) is 2.72. The van der Waals surface area contributed by atoms with E-state index in [0.717, 1.165) is 13.1 Å². The van der Waals surface area contributed by atoms with E-state index in [1.807, 2.05) is 13.8 Å². The van der Waals surface area contributed by atoms with Crippen molar-refractivity contribution in [3.8, 4) is 0 Å². The molecule has 0 aliphatic carbocycles. The monoisotopic (exact) mass is 288 g/mol. The van der Waals surface area contributed by atoms with Gasteiger partial charge in [-0.05, 0) is 13.8 Å². The highest BCUT2D eigenvalue weighted by Crippen LogP contribution is 2.21. The van der Waals surface area contributed by atoms with Gasteiger partial charge in [-0.15, -0.1) is 0 Å². The normalized spacial score (nSPS) is 42.6. The lowest BCUT2D eigenvalue weighted by molar-refractivity contribution is -0.0833. The van der Waals surface area contributed by atoms with Crippen LogP contribution in [0.2, 0.25) is 0 Å². The molecule has 2 heterocycles. The smallest absolute Gasteiger partial charge is 0.0816 e. The van der Waals surface area contributed by atoms with Gasteiger partial charge in [0.05, 0.1) is 36.5 Å². The molecule has 2 fully saturated rings. The molecule has 4 N–H and O–H groups in total. The van der Waals surface area contributed by atoms with Gasteiger partial charge in [0.1, 0.15) is 0 Å². The standard InChI is InChI=1S/C14H28N2O4/c1-13(17)3-7-19-9-11(13)15-5-6-16-12-10-20-8-4-14(12,2)18/h11-12,15-18H,3-10H2,1-2H3/t11-,12-,13-,14+/m0/s1. The van der Waals surface area contributed by atoms with Crippen LogP contribution in [0.25, 0.3) is 0 Å². The van der Waals surface area contributed by atoms with Gasteiger partial charge in [0.2, 0.25) is 0 Å². The number of hydrogen-bond acceptors (Lipinski definition) is 6. The van der Waals surface area contributed by atoms with Gasteiger partial charge in [0.25, 0.3) is 0 Å². The van der Waals surface area contributed by atoms with Crippen molar-refractivity contribution in [2.24, 2.45) is 0 Å². The van der Waals surface area contributed by atoms with Crippen molar-refractivity contribution in [3.05, 3.63) is 0 Å². The van der Waals surface area contributed by atoms with Gasteiger partial charge in [0, 0.05) is 39.1 Å². The molecule has 0 aromatic carbocycles. The van der Waals surface area contributed by atoms with Gasteiger partial charge >= 0.3 is 0 Å². The minimum absolute atomic E-state index is 0.0406. The molecule has 6 nitrogen and oxygen atoms in total. The van der Waals surface area contributed by atoms with Crippen LogP contribution in [-0.2, 0) is 9.47 Å². The fraction of sp³-hybridized carbons (Fsp3) is 1.00. The third-order valence-corrected chi connectivity index (χ3v) is 4.48. The zero-order valence-electron chi connectivity index (χ0n) is 12.5. The van der Waals surface area contributed by atoms with Crippen molar-refractivity contribution in [1.29, 1.82) is 0 Å². The molecule has 2 rings (SSSR count). The van der Waals surface area contributed by atoms with E-state index in [9.17, 15) is 10.2 Å². The highest BCUT2D eigenvalue weighted by atomic mass is 16.5. The molecule has 2 aliphatic rings. The van der Waals surface area contributed by atoms with Crippen LogP contribution < -0.4 is 10.6 Å². The Hall–Kier alpha value is -0.240. The second-order valence-electron chi connectivity index (χ2n) is 6.38. The first-order chi connectivity index (χ1) is 9.42. The summed E-state index contributed by atoms with van der Waals surface area (Å²) >= 11 is 0. The maximum atomic E-state index is 10.2. The van der Waals surface area contributed by atoms with E-state index in [0.29, 0.717) is 39.3 Å². The van der Waals surface area contributed by atoms with Crippen molar-refractivity contribution in [2.75, 3.05) is 39.5 Å². The summed E-state index contributed by atoms with van der Waals surface area (Å²) in [4.78, 5) is 0. The van der Waals surface area contributed by atoms with E-state index in [1.165, 1.54) is 0 Å². The highest BCUT2D eigenvalue weighted by Gasteiger charge is 2.36. The molecule has 0 unspecified atom stereocenters. The SMILES string of the molecule is C[C@]1(O)CCOC[C@@H]1NCCN[C@H]1COCC[C@@]1(C)O. The summed E-state index contributed by atoms with van der Waals surface area (Å²) in [6.07, 6.45) is 1.31. The Morgan fingerprint density at radius 1 is 0.900 bits per heavy atom. The van der Waals surface area contributed by atoms with E-state index in [-0.39, 0.29) is 12.1 Å². The Morgan fingerprint density at radius 2 is 1.30 bits per heavy atom. The lowest BCUT2D eigenvalue weighted by atomic mass is 9.91. The van der Waals surface area contributed by atoms with Crippen LogP contribution in [0.4, 0.5) is 0 Å². The maximum absolute atomic E-state index is 10.2. The van der Waals surface area contributed by atoms with Crippen molar-refractivity contribution in [3.63, 3.8) is 0 Å². The Morgan fingerprint density at radius 3 is 1.65 bits per heavy atom. The second-order valence-corrected chi connectivity index (χ2v) is 6.38. The van der Waals surface area contributed by atoms with Crippen molar-refractivity contribution in [1.82, 2.24) is 10.6 Å². The average Bonchev–Trinajstić information content (AvgIpc) is 2.37. The topological polar surface area (TPSA) is 83.0 Å². The van der Waals surface area contributed by atoms with Crippen LogP contribution in [0.1, 0.15) is 26.7 Å². The summed E-state index contributed by atoms with van der Waals surface area (Å²) < 4.78 is 10.8. The first-order valence-electron chi connectivity index (χ1n) is 7.49. The van der Waals surface area contributed by atoms with Crippen LogP contribution >= 0.6 is 0 Å². The Bertz CT molecular complexity index is 280. The summed E-state index contributed by atoms with van der Waals surface area (Å²) in [5.41, 5.74) is -1.42. The third kappa shape index (κ3) is 4.13. The third-order valence-electron chi connectivity index (χ3n) is 4.48. The summed E-state index contributed by atoms with van der Waals surface area (Å²) in [7, 11) is 0. The molecule has 6 heteroatoms. The predicted molar refractivity (Wildman–Crippen MR) is 75.7 cm³/mol. The summed E-state index contributed by atoms with van der Waals surface area (Å²) in [5.74, 6) is 0. The van der Waals surface area contributed by atoms with Crippen LogP contribution in [0.3, 0.4) is 0 Å². The lowest BCUT2D eigenvalue weighted by Gasteiger charge is -2.39. The minimum atomic E-state index is -0.711. The van der Waals surface area contributed by atoms with Gasteiger partial charge < -0.3 is 30.3 Å². The van der Waals surface area contributed by atoms with E-state index < -0.39 is 11.2 Å². The lowest BCUT2D eigenvalue weighted by Crippen LogP contribution is -2.58. The summed E-state index contributed by atoms with van der Waals surface area (Å²) in [6, 6.07) is -0.0812. The van der Waals surface area contributed by atoms with Gasteiger partial charge in [-0.1, -0.05) is 0 Å². The average molecular weight is 288 g/mol. The number of aliphatic hydroxyl groups is 2. The zero-order chi connectivity index (χ0) is 14.6. The van der Waals surface area contributed by atoms with E-state index >= 15 is 0 Å². The van der Waals surface area contributed by atoms with Crippen molar-refractivity contribution >= 4 is 0 Å². The quantitative estimate of drug-likeness (QED) is 0.498. The molecule has 2 saturated heterocycles. The van der Waals surface area contributed by atoms with Gasteiger partial charge in [-0.2, -0.15) is 0 Å². The number of rotatable bonds is 5. The molecular weight excluding hydrogens is 260 g/mol. The molecule has 2 aliphatic heterocycles. The first kappa shape index (κ1) is 16.1. The Balaban J connectivity index is 1.68. The molecule has 0 bridgehead atoms. The van der Waals surface area contributed by atoms with Gasteiger partial charge in [-0.25, -0.2) is 0 Å². The molecule has 0 amide bonds. The predicted octanol–water partition coefficient (Wildman–Crippen LogP) is -0.755. The molecule has 4 atom stereocenters. The molecule has 0 saturated carbocycles. The van der Waals surface area contributed by atoms with Crippen molar-refractivity contribution in [2.45, 2.75) is 50.0 Å². The van der Waals surface area contributed by atoms with Gasteiger partial charge in [0.15, 0.2) is 0 Å². The molecule has 20 heavy (non-hydrogen) atoms. The van der Waals surface area contributed by atoms with Crippen LogP contribution in [0.15, 0.2) is 0 Å². The molecule has 118 valence electrons. The first-order valence-corrected chi connectivity index (χ1v) is 7.49. The Labute approximate surface area is 120 Å². The molecule has 0 spiro atoms. The van der Waals surface area contributed by atoms with Gasteiger partial charge in [-0.3, -0.25) is 0 Å². The largest absolute Gasteiger partial charge is 0.388 e. The van der Waals surface area contributed by atoms with Crippen LogP contribution in [0, 0.1) is 0 Å². The summed E-state index contributed by atoms with van der Waals surface area (Å²) in [6.45, 7) is 7.44. The summed E-state index contributed by atoms with van der Waals surface area (Å²) in [5, 5.41) is 27.1. The molecule has 0 aromatic rings. The van der Waals surface area contributed by atoms with Crippen molar-refractivity contribution < 1.29 is 19.7 Å². The number of hydrogen-bond donors (Lipinski definition) is 4. The second kappa shape index (κ2) is 6.68. The molecular formula is C14H28N2O4. The Kier molecular flexibility index (Phi) is 5.39. The zero-order valence-corrected chi connectivity index (χ0v) is 12.5. The highest BCUT2D eigenvalue weighted by molar-refractivity contribution is 4.92. The van der Waals surface area contributed by atoms with Crippen LogP contribution in [-0.4, -0.2) is 73.0 Å². The molecule has 0 aromatic heterocycles.